The second-order valence-corrected chi connectivity index (χ2v) is 4.42. The van der Waals surface area contributed by atoms with Gasteiger partial charge in [0.05, 0.1) is 5.69 Å². The molecule has 1 aromatic carbocycles. The number of aromatic nitrogens is 4. The number of aldehydes is 1. The highest BCUT2D eigenvalue weighted by atomic mass is 16.1. The highest BCUT2D eigenvalue weighted by Crippen LogP contribution is 2.23. The Morgan fingerprint density at radius 3 is 2.40 bits per heavy atom. The van der Waals surface area contributed by atoms with Crippen molar-refractivity contribution in [2.45, 2.75) is 6.92 Å². The standard InChI is InChI=1S/C15H12N4O/c1-11-2-4-13(5-3-11)19-15(14(10-20)17-18-19)12-6-8-16-9-7-12/h2-10H,1H3. The van der Waals surface area contributed by atoms with E-state index in [0.29, 0.717) is 17.7 Å². The number of nitrogens with zero attached hydrogens (tertiary/aromatic N) is 4. The van der Waals surface area contributed by atoms with Crippen LogP contribution in [0.4, 0.5) is 0 Å². The van der Waals surface area contributed by atoms with E-state index in [4.69, 9.17) is 0 Å². The highest BCUT2D eigenvalue weighted by Gasteiger charge is 2.15. The maximum absolute atomic E-state index is 11.2. The van der Waals surface area contributed by atoms with Gasteiger partial charge in [0, 0.05) is 18.0 Å². The first kappa shape index (κ1) is 12.2. The summed E-state index contributed by atoms with van der Waals surface area (Å²) >= 11 is 0. The van der Waals surface area contributed by atoms with Crippen molar-refractivity contribution < 1.29 is 4.79 Å². The molecule has 20 heavy (non-hydrogen) atoms. The summed E-state index contributed by atoms with van der Waals surface area (Å²) in [7, 11) is 0. The van der Waals surface area contributed by atoms with E-state index in [0.717, 1.165) is 16.8 Å². The molecule has 0 saturated carbocycles. The lowest BCUT2D eigenvalue weighted by Gasteiger charge is -2.07. The number of hydrogen-bond donors (Lipinski definition) is 0. The van der Waals surface area contributed by atoms with Gasteiger partial charge in [-0.15, -0.1) is 5.10 Å². The first-order chi connectivity index (χ1) is 9.79. The summed E-state index contributed by atoms with van der Waals surface area (Å²) in [6, 6.07) is 11.5. The molecule has 0 bridgehead atoms. The molecule has 3 rings (SSSR count). The normalized spacial score (nSPS) is 10.4. The van der Waals surface area contributed by atoms with E-state index in [1.165, 1.54) is 0 Å². The van der Waals surface area contributed by atoms with Crippen molar-refractivity contribution in [1.29, 1.82) is 0 Å². The van der Waals surface area contributed by atoms with Gasteiger partial charge in [-0.05, 0) is 31.2 Å². The zero-order valence-corrected chi connectivity index (χ0v) is 10.9. The second-order valence-electron chi connectivity index (χ2n) is 4.42. The van der Waals surface area contributed by atoms with Crippen LogP contribution in [0.3, 0.4) is 0 Å². The van der Waals surface area contributed by atoms with E-state index >= 15 is 0 Å². The number of hydrogen-bond acceptors (Lipinski definition) is 4. The lowest BCUT2D eigenvalue weighted by atomic mass is 10.1. The van der Waals surface area contributed by atoms with Crippen LogP contribution in [0.15, 0.2) is 48.8 Å². The van der Waals surface area contributed by atoms with Crippen molar-refractivity contribution in [1.82, 2.24) is 20.0 Å². The van der Waals surface area contributed by atoms with E-state index in [-0.39, 0.29) is 0 Å². The lowest BCUT2D eigenvalue weighted by molar-refractivity contribution is 0.111. The van der Waals surface area contributed by atoms with Crippen molar-refractivity contribution in [3.05, 3.63) is 60.0 Å². The summed E-state index contributed by atoms with van der Waals surface area (Å²) in [4.78, 5) is 15.2. The molecule has 0 amide bonds. The smallest absolute Gasteiger partial charge is 0.172 e. The summed E-state index contributed by atoms with van der Waals surface area (Å²) < 4.78 is 1.67. The number of benzene rings is 1. The molecule has 5 heteroatoms. The van der Waals surface area contributed by atoms with Gasteiger partial charge >= 0.3 is 0 Å². The van der Waals surface area contributed by atoms with Gasteiger partial charge in [0.25, 0.3) is 0 Å². The van der Waals surface area contributed by atoms with Crippen molar-refractivity contribution >= 4 is 6.29 Å². The Labute approximate surface area is 115 Å². The van der Waals surface area contributed by atoms with Crippen molar-refractivity contribution in [2.75, 3.05) is 0 Å². The van der Waals surface area contributed by atoms with Crippen LogP contribution >= 0.6 is 0 Å². The van der Waals surface area contributed by atoms with Crippen LogP contribution in [0.5, 0.6) is 0 Å². The quantitative estimate of drug-likeness (QED) is 0.682. The van der Waals surface area contributed by atoms with Crippen LogP contribution in [0.25, 0.3) is 16.9 Å². The van der Waals surface area contributed by atoms with Crippen LogP contribution < -0.4 is 0 Å². The van der Waals surface area contributed by atoms with Crippen LogP contribution in [-0.4, -0.2) is 26.3 Å². The molecule has 0 N–H and O–H groups in total. The largest absolute Gasteiger partial charge is 0.296 e. The van der Waals surface area contributed by atoms with Crippen molar-refractivity contribution in [2.24, 2.45) is 0 Å². The average Bonchev–Trinajstić information content (AvgIpc) is 2.93. The summed E-state index contributed by atoms with van der Waals surface area (Å²) in [5.41, 5.74) is 3.87. The summed E-state index contributed by atoms with van der Waals surface area (Å²) in [5.74, 6) is 0. The lowest BCUT2D eigenvalue weighted by Crippen LogP contribution is -2.00. The fraction of sp³-hybridized carbons (Fsp3) is 0.0667. The molecule has 2 aromatic heterocycles. The number of pyridine rings is 1. The predicted molar refractivity (Wildman–Crippen MR) is 74.7 cm³/mol. The Kier molecular flexibility index (Phi) is 3.09. The minimum absolute atomic E-state index is 0.316. The van der Waals surface area contributed by atoms with Gasteiger partial charge < -0.3 is 0 Å². The Bertz CT molecular complexity index is 732. The van der Waals surface area contributed by atoms with Gasteiger partial charge in [-0.1, -0.05) is 22.9 Å². The van der Waals surface area contributed by atoms with Crippen LogP contribution in [0.1, 0.15) is 16.1 Å². The monoisotopic (exact) mass is 264 g/mol. The number of aryl methyl sites for hydroxylation is 1. The van der Waals surface area contributed by atoms with E-state index in [2.05, 4.69) is 15.3 Å². The van der Waals surface area contributed by atoms with E-state index < -0.39 is 0 Å². The third-order valence-corrected chi connectivity index (χ3v) is 3.04. The highest BCUT2D eigenvalue weighted by molar-refractivity contribution is 5.83. The van der Waals surface area contributed by atoms with Gasteiger partial charge in [-0.2, -0.15) is 0 Å². The molecule has 98 valence electrons. The molecule has 2 heterocycles. The third-order valence-electron chi connectivity index (χ3n) is 3.04. The summed E-state index contributed by atoms with van der Waals surface area (Å²) in [5, 5.41) is 8.01. The van der Waals surface area contributed by atoms with Gasteiger partial charge in [0.1, 0.15) is 5.69 Å². The molecule has 0 aliphatic carbocycles. The number of carbonyl (C=O) groups excluding carboxylic acids is 1. The molecule has 0 unspecified atom stereocenters. The SMILES string of the molecule is Cc1ccc(-n2nnc(C=O)c2-c2ccncc2)cc1. The van der Waals surface area contributed by atoms with Crippen LogP contribution in [0.2, 0.25) is 0 Å². The minimum atomic E-state index is 0.316. The second kappa shape index (κ2) is 5.05. The third kappa shape index (κ3) is 2.09. The number of rotatable bonds is 3. The molecule has 0 radical (unpaired) electrons. The molecular formula is C15H12N4O. The maximum Gasteiger partial charge on any atom is 0.172 e. The van der Waals surface area contributed by atoms with Gasteiger partial charge in [-0.25, -0.2) is 4.68 Å². The minimum Gasteiger partial charge on any atom is -0.296 e. The van der Waals surface area contributed by atoms with Gasteiger partial charge in [0.15, 0.2) is 12.0 Å². The molecule has 3 aromatic rings. The fourth-order valence-electron chi connectivity index (χ4n) is 2.02. The van der Waals surface area contributed by atoms with E-state index in [9.17, 15) is 4.79 Å². The molecule has 0 atom stereocenters. The van der Waals surface area contributed by atoms with E-state index in [1.54, 1.807) is 17.1 Å². The summed E-state index contributed by atoms with van der Waals surface area (Å²) in [6.45, 7) is 2.02. The van der Waals surface area contributed by atoms with Gasteiger partial charge in [-0.3, -0.25) is 9.78 Å². The zero-order chi connectivity index (χ0) is 13.9. The molecule has 5 nitrogen and oxygen atoms in total. The van der Waals surface area contributed by atoms with Crippen molar-refractivity contribution in [3.63, 3.8) is 0 Å². The van der Waals surface area contributed by atoms with Gasteiger partial charge in [0.2, 0.25) is 0 Å². The van der Waals surface area contributed by atoms with E-state index in [1.807, 2.05) is 43.3 Å². The Hall–Kier alpha value is -2.82. The molecule has 0 aliphatic rings. The predicted octanol–water partition coefficient (Wildman–Crippen LogP) is 2.45. The zero-order valence-electron chi connectivity index (χ0n) is 10.9. The Morgan fingerprint density at radius 2 is 1.75 bits per heavy atom. The molecular weight excluding hydrogens is 252 g/mol. The molecule has 0 fully saturated rings. The first-order valence-electron chi connectivity index (χ1n) is 6.18. The Balaban J connectivity index is 2.20. The topological polar surface area (TPSA) is 60.7 Å². The van der Waals surface area contributed by atoms with Crippen molar-refractivity contribution in [3.8, 4) is 16.9 Å². The molecule has 0 spiro atoms. The average molecular weight is 264 g/mol. The number of carbonyl (C=O) groups is 1. The first-order valence-corrected chi connectivity index (χ1v) is 6.18. The molecule has 0 aliphatic heterocycles. The summed E-state index contributed by atoms with van der Waals surface area (Å²) in [6.07, 6.45) is 4.07. The van der Waals surface area contributed by atoms with Crippen LogP contribution in [0, 0.1) is 6.92 Å². The fourth-order valence-corrected chi connectivity index (χ4v) is 2.02. The van der Waals surface area contributed by atoms with Crippen LogP contribution in [-0.2, 0) is 0 Å². The Morgan fingerprint density at radius 1 is 1.05 bits per heavy atom. The molecule has 0 saturated heterocycles. The maximum atomic E-state index is 11.2.